The molecule has 1 aliphatic heterocycles. The summed E-state index contributed by atoms with van der Waals surface area (Å²) in [4.78, 5) is 0. The van der Waals surface area contributed by atoms with Gasteiger partial charge in [0.25, 0.3) is 0 Å². The molecule has 9 heteroatoms. The molecular weight excluding hydrogens is 365 g/mol. The number of rotatable bonds is 4. The van der Waals surface area contributed by atoms with Gasteiger partial charge < -0.3 is 14.8 Å². The fourth-order valence-electron chi connectivity index (χ4n) is 2.56. The number of anilines is 1. The highest BCUT2D eigenvalue weighted by atomic mass is 35.5. The van der Waals surface area contributed by atoms with E-state index in [9.17, 15) is 0 Å². The Kier molecular flexibility index (Phi) is 4.33. The molecule has 0 saturated heterocycles. The van der Waals surface area contributed by atoms with Crippen LogP contribution in [0.15, 0.2) is 36.4 Å². The summed E-state index contributed by atoms with van der Waals surface area (Å²) in [6.07, 6.45) is 0. The highest BCUT2D eigenvalue weighted by Gasteiger charge is 2.17. The average Bonchev–Trinajstić information content (AvgIpc) is 3.10. The van der Waals surface area contributed by atoms with Crippen LogP contribution in [0.2, 0.25) is 10.0 Å². The number of aromatic nitrogens is 4. The maximum Gasteiger partial charge on any atom is 0.248 e. The number of para-hydroxylation sites is 1. The Morgan fingerprint density at radius 3 is 2.84 bits per heavy atom. The Morgan fingerprint density at radius 2 is 1.92 bits per heavy atom. The van der Waals surface area contributed by atoms with Gasteiger partial charge in [-0.3, -0.25) is 0 Å². The van der Waals surface area contributed by atoms with Gasteiger partial charge in [0.2, 0.25) is 5.95 Å². The number of halogens is 2. The second kappa shape index (κ2) is 6.78. The van der Waals surface area contributed by atoms with Crippen LogP contribution in [-0.4, -0.2) is 33.4 Å². The third-order valence-corrected chi connectivity index (χ3v) is 4.52. The van der Waals surface area contributed by atoms with Gasteiger partial charge in [-0.25, -0.2) is 0 Å². The Balaban J connectivity index is 1.60. The minimum absolute atomic E-state index is 0.383. The zero-order valence-corrected chi connectivity index (χ0v) is 14.5. The van der Waals surface area contributed by atoms with E-state index < -0.39 is 0 Å². The highest BCUT2D eigenvalue weighted by molar-refractivity contribution is 6.43. The number of benzene rings is 2. The number of hydrogen-bond acceptors (Lipinski definition) is 6. The molecule has 2 heterocycles. The lowest BCUT2D eigenvalue weighted by atomic mass is 10.1. The van der Waals surface area contributed by atoms with E-state index in [4.69, 9.17) is 32.7 Å². The van der Waals surface area contributed by atoms with E-state index in [-0.39, 0.29) is 0 Å². The van der Waals surface area contributed by atoms with Crippen LogP contribution in [0, 0.1) is 0 Å². The van der Waals surface area contributed by atoms with Crippen LogP contribution in [0.3, 0.4) is 0 Å². The van der Waals surface area contributed by atoms with Gasteiger partial charge in [-0.05, 0) is 28.6 Å². The van der Waals surface area contributed by atoms with E-state index in [0.29, 0.717) is 41.4 Å². The first-order valence-corrected chi connectivity index (χ1v) is 8.34. The molecule has 0 atom stereocenters. The minimum atomic E-state index is 0.383. The fraction of sp³-hybridized carbons (Fsp3) is 0.188. The Labute approximate surface area is 153 Å². The summed E-state index contributed by atoms with van der Waals surface area (Å²) >= 11 is 12.3. The van der Waals surface area contributed by atoms with Crippen molar-refractivity contribution in [2.45, 2.75) is 6.54 Å². The first-order valence-electron chi connectivity index (χ1n) is 7.58. The van der Waals surface area contributed by atoms with Gasteiger partial charge in [0.1, 0.15) is 13.2 Å². The summed E-state index contributed by atoms with van der Waals surface area (Å²) in [7, 11) is 0. The molecule has 4 rings (SSSR count). The number of fused-ring (bicyclic) bond motifs is 1. The Morgan fingerprint density at radius 1 is 1.08 bits per heavy atom. The molecule has 0 fully saturated rings. The zero-order chi connectivity index (χ0) is 17.2. The van der Waals surface area contributed by atoms with Crippen LogP contribution in [0.5, 0.6) is 11.5 Å². The first kappa shape index (κ1) is 16.0. The molecule has 1 aliphatic rings. The molecule has 0 spiro atoms. The predicted molar refractivity (Wildman–Crippen MR) is 93.9 cm³/mol. The fourth-order valence-corrected chi connectivity index (χ4v) is 2.94. The van der Waals surface area contributed by atoms with Crippen LogP contribution < -0.4 is 14.8 Å². The maximum absolute atomic E-state index is 6.26. The monoisotopic (exact) mass is 377 g/mol. The molecule has 3 aromatic rings. The smallest absolute Gasteiger partial charge is 0.248 e. The van der Waals surface area contributed by atoms with Gasteiger partial charge in [-0.1, -0.05) is 46.5 Å². The van der Waals surface area contributed by atoms with E-state index in [0.717, 1.165) is 17.1 Å². The summed E-state index contributed by atoms with van der Waals surface area (Å²) in [5.41, 5.74) is 1.54. The van der Waals surface area contributed by atoms with Crippen LogP contribution in [0.4, 0.5) is 5.95 Å². The average molecular weight is 378 g/mol. The van der Waals surface area contributed by atoms with Crippen molar-refractivity contribution < 1.29 is 9.47 Å². The number of ether oxygens (including phenoxy) is 2. The van der Waals surface area contributed by atoms with Crippen LogP contribution in [0.1, 0.15) is 5.56 Å². The lowest BCUT2D eigenvalue weighted by Crippen LogP contribution is -2.17. The zero-order valence-electron chi connectivity index (χ0n) is 12.9. The molecule has 1 N–H and O–H groups in total. The molecule has 128 valence electrons. The van der Waals surface area contributed by atoms with Crippen LogP contribution >= 0.6 is 23.2 Å². The summed E-state index contributed by atoms with van der Waals surface area (Å²) in [6, 6.07) is 11.0. The summed E-state index contributed by atoms with van der Waals surface area (Å²) in [5, 5.41) is 15.7. The molecule has 1 aromatic heterocycles. The van der Waals surface area contributed by atoms with Gasteiger partial charge in [0.15, 0.2) is 11.5 Å². The predicted octanol–water partition coefficient (Wildman–Crippen LogP) is 3.35. The minimum Gasteiger partial charge on any atom is -0.486 e. The molecule has 0 bridgehead atoms. The Hall–Kier alpha value is -2.51. The summed E-state index contributed by atoms with van der Waals surface area (Å²) in [5.74, 6) is 1.92. The first-order chi connectivity index (χ1) is 12.2. The maximum atomic E-state index is 6.26. The third kappa shape index (κ3) is 3.08. The van der Waals surface area contributed by atoms with Gasteiger partial charge in [0.05, 0.1) is 15.7 Å². The van der Waals surface area contributed by atoms with Crippen molar-refractivity contribution in [2.24, 2.45) is 0 Å². The number of hydrogen-bond donors (Lipinski definition) is 1. The lowest BCUT2D eigenvalue weighted by molar-refractivity contribution is 0.170. The molecule has 0 amide bonds. The van der Waals surface area contributed by atoms with E-state index in [1.54, 1.807) is 18.2 Å². The van der Waals surface area contributed by atoms with Crippen molar-refractivity contribution in [1.82, 2.24) is 20.2 Å². The normalized spacial score (nSPS) is 12.9. The van der Waals surface area contributed by atoms with Crippen molar-refractivity contribution in [1.29, 1.82) is 0 Å². The van der Waals surface area contributed by atoms with Crippen molar-refractivity contribution in [3.63, 3.8) is 0 Å². The summed E-state index contributed by atoms with van der Waals surface area (Å²) < 4.78 is 12.8. The van der Waals surface area contributed by atoms with Gasteiger partial charge in [-0.2, -0.15) is 4.68 Å². The molecule has 0 unspecified atom stereocenters. The highest BCUT2D eigenvalue weighted by Crippen LogP contribution is 2.34. The molecule has 2 aromatic carbocycles. The lowest BCUT2D eigenvalue weighted by Gasteiger charge is -2.21. The summed E-state index contributed by atoms with van der Waals surface area (Å²) in [6.45, 7) is 1.54. The third-order valence-electron chi connectivity index (χ3n) is 3.71. The topological polar surface area (TPSA) is 74.1 Å². The van der Waals surface area contributed by atoms with E-state index in [1.807, 2.05) is 18.2 Å². The molecule has 0 aliphatic carbocycles. The second-order valence-electron chi connectivity index (χ2n) is 5.28. The van der Waals surface area contributed by atoms with Gasteiger partial charge >= 0.3 is 0 Å². The second-order valence-corrected chi connectivity index (χ2v) is 6.07. The molecule has 7 nitrogen and oxygen atoms in total. The van der Waals surface area contributed by atoms with E-state index >= 15 is 0 Å². The Bertz CT molecular complexity index is 915. The van der Waals surface area contributed by atoms with E-state index in [2.05, 4.69) is 20.8 Å². The van der Waals surface area contributed by atoms with Crippen molar-refractivity contribution in [3.8, 4) is 17.2 Å². The number of nitrogens with one attached hydrogen (secondary N) is 1. The number of tetrazole rings is 1. The van der Waals surface area contributed by atoms with Crippen molar-refractivity contribution >= 4 is 29.2 Å². The number of nitrogens with zero attached hydrogens (tertiary/aromatic N) is 4. The SMILES string of the molecule is Clc1cccc(-n2nnnc2NCc2cccc3c2OCCO3)c1Cl. The standard InChI is InChI=1S/C16H13Cl2N5O2/c17-11-4-2-5-12(14(11)18)23-16(20-21-22-23)19-9-10-3-1-6-13-15(10)25-8-7-24-13/h1-6H,7-9H2,(H,19,20,22). The molecule has 25 heavy (non-hydrogen) atoms. The molecule has 0 radical (unpaired) electrons. The van der Waals surface area contributed by atoms with Crippen LogP contribution in [0.25, 0.3) is 5.69 Å². The quantitative estimate of drug-likeness (QED) is 0.751. The van der Waals surface area contributed by atoms with E-state index in [1.165, 1.54) is 4.68 Å². The van der Waals surface area contributed by atoms with Gasteiger partial charge in [-0.15, -0.1) is 0 Å². The van der Waals surface area contributed by atoms with Crippen LogP contribution in [-0.2, 0) is 6.54 Å². The van der Waals surface area contributed by atoms with Crippen molar-refractivity contribution in [3.05, 3.63) is 52.0 Å². The van der Waals surface area contributed by atoms with Crippen molar-refractivity contribution in [2.75, 3.05) is 18.5 Å². The largest absolute Gasteiger partial charge is 0.486 e. The molecule has 0 saturated carbocycles. The van der Waals surface area contributed by atoms with Gasteiger partial charge in [0, 0.05) is 12.1 Å². The molecular formula is C16H13Cl2N5O2.